The van der Waals surface area contributed by atoms with Crippen LogP contribution in [0.1, 0.15) is 31.7 Å². The van der Waals surface area contributed by atoms with Gasteiger partial charge in [-0.25, -0.2) is 9.69 Å². The first-order chi connectivity index (χ1) is 17.3. The van der Waals surface area contributed by atoms with Crippen molar-refractivity contribution in [1.29, 1.82) is 0 Å². The number of hydrogen-bond donors (Lipinski definition) is 3. The predicted molar refractivity (Wildman–Crippen MR) is 142 cm³/mol. The molecule has 0 radical (unpaired) electrons. The average Bonchev–Trinajstić information content (AvgIpc) is 2.87. The highest BCUT2D eigenvalue weighted by Crippen LogP contribution is 2.44. The van der Waals surface area contributed by atoms with Gasteiger partial charge in [0.2, 0.25) is 0 Å². The van der Waals surface area contributed by atoms with Gasteiger partial charge in [0, 0.05) is 29.2 Å². The number of methoxy groups -OCH3 is 2. The molecule has 9 nitrogen and oxygen atoms in total. The first kappa shape index (κ1) is 26.2. The van der Waals surface area contributed by atoms with Gasteiger partial charge in [-0.2, -0.15) is 0 Å². The Morgan fingerprint density at radius 1 is 1.25 bits per heavy atom. The van der Waals surface area contributed by atoms with Crippen molar-refractivity contribution in [3.8, 4) is 11.5 Å². The van der Waals surface area contributed by atoms with Gasteiger partial charge in [-0.05, 0) is 68.6 Å². The van der Waals surface area contributed by atoms with Crippen LogP contribution in [0.2, 0.25) is 0 Å². The second-order valence-corrected chi connectivity index (χ2v) is 10.2. The average molecular weight is 561 g/mol. The van der Waals surface area contributed by atoms with Crippen LogP contribution in [0.25, 0.3) is 0 Å². The number of benzene rings is 2. The van der Waals surface area contributed by atoms with E-state index in [1.807, 2.05) is 0 Å². The zero-order valence-corrected chi connectivity index (χ0v) is 22.4. The molecular formula is C26H33BrN4O5. The highest BCUT2D eigenvalue weighted by atomic mass is 79.9. The number of hydrogen-bond acceptors (Lipinski definition) is 6. The van der Waals surface area contributed by atoms with Crippen LogP contribution in [-0.4, -0.2) is 62.3 Å². The first-order valence-corrected chi connectivity index (χ1v) is 12.9. The second-order valence-electron chi connectivity index (χ2n) is 9.32. The molecule has 2 unspecified atom stereocenters. The maximum Gasteiger partial charge on any atom is 0.329 e. The van der Waals surface area contributed by atoms with E-state index >= 15 is 0 Å². The lowest BCUT2D eigenvalue weighted by Gasteiger charge is -2.43. The molecule has 36 heavy (non-hydrogen) atoms. The third-order valence-electron chi connectivity index (χ3n) is 6.75. The SMILES string of the molecule is COc1ccc(N2C(=O)Nc3ccc(Br)cc3C2(O)C(=O)NCCCN2CCCC(C)C2)c(OC)c1. The third-order valence-corrected chi connectivity index (χ3v) is 7.24. The highest BCUT2D eigenvalue weighted by Gasteiger charge is 2.52. The highest BCUT2D eigenvalue weighted by molar-refractivity contribution is 9.10. The zero-order chi connectivity index (χ0) is 25.9. The van der Waals surface area contributed by atoms with Crippen LogP contribution >= 0.6 is 15.9 Å². The molecule has 1 saturated heterocycles. The number of piperidine rings is 1. The number of halogens is 1. The number of fused-ring (bicyclic) bond motifs is 1. The summed E-state index contributed by atoms with van der Waals surface area (Å²) in [6, 6.07) is 9.17. The Morgan fingerprint density at radius 3 is 2.78 bits per heavy atom. The maximum absolute atomic E-state index is 13.7. The van der Waals surface area contributed by atoms with Crippen LogP contribution in [0, 0.1) is 5.92 Å². The first-order valence-electron chi connectivity index (χ1n) is 12.1. The molecule has 2 aliphatic heterocycles. The molecule has 0 aromatic heterocycles. The Labute approximate surface area is 219 Å². The van der Waals surface area contributed by atoms with E-state index in [1.165, 1.54) is 27.1 Å². The zero-order valence-electron chi connectivity index (χ0n) is 20.8. The van der Waals surface area contributed by atoms with E-state index in [0.29, 0.717) is 28.4 Å². The van der Waals surface area contributed by atoms with Crippen molar-refractivity contribution >= 4 is 39.2 Å². The molecule has 2 aromatic carbocycles. The minimum atomic E-state index is -2.32. The standard InChI is InChI=1S/C26H33BrN4O5/c1-17-6-4-12-30(16-17)13-5-11-28-24(32)26(34)20-14-18(27)7-9-21(20)29-25(33)31(26)22-10-8-19(35-2)15-23(22)36-3/h7-10,14-15,17,34H,4-6,11-13,16H2,1-3H3,(H,28,32)(H,29,33). The molecule has 0 bridgehead atoms. The van der Waals surface area contributed by atoms with Crippen LogP contribution in [0.3, 0.4) is 0 Å². The monoisotopic (exact) mass is 560 g/mol. The second kappa shape index (κ2) is 11.1. The summed E-state index contributed by atoms with van der Waals surface area (Å²) in [7, 11) is 2.97. The summed E-state index contributed by atoms with van der Waals surface area (Å²) in [5, 5.41) is 17.7. The van der Waals surface area contributed by atoms with Gasteiger partial charge in [0.05, 0.1) is 25.6 Å². The van der Waals surface area contributed by atoms with E-state index in [0.717, 1.165) is 31.0 Å². The number of carbonyl (C=O) groups excluding carboxylic acids is 2. The smallest absolute Gasteiger partial charge is 0.329 e. The number of ether oxygens (including phenoxy) is 2. The number of nitrogens with zero attached hydrogens (tertiary/aromatic N) is 2. The fourth-order valence-electron chi connectivity index (χ4n) is 4.95. The molecule has 2 aromatic rings. The maximum atomic E-state index is 13.7. The molecule has 0 saturated carbocycles. The summed E-state index contributed by atoms with van der Waals surface area (Å²) in [5.41, 5.74) is -1.49. The van der Waals surface area contributed by atoms with E-state index in [4.69, 9.17) is 9.47 Å². The number of amides is 3. The van der Waals surface area contributed by atoms with Crippen LogP contribution in [0.4, 0.5) is 16.2 Å². The molecule has 194 valence electrons. The molecule has 0 aliphatic carbocycles. The summed E-state index contributed by atoms with van der Waals surface area (Å²) in [6.45, 7) is 5.61. The van der Waals surface area contributed by atoms with Crippen molar-refractivity contribution in [3.05, 3.63) is 46.4 Å². The van der Waals surface area contributed by atoms with Gasteiger partial charge in [-0.1, -0.05) is 22.9 Å². The Kier molecular flexibility index (Phi) is 8.07. The Balaban J connectivity index is 1.63. The van der Waals surface area contributed by atoms with E-state index in [9.17, 15) is 14.7 Å². The van der Waals surface area contributed by atoms with Crippen molar-refractivity contribution in [2.45, 2.75) is 31.9 Å². The number of likely N-dealkylation sites (tertiary alicyclic amines) is 1. The number of anilines is 2. The molecule has 2 atom stereocenters. The van der Waals surface area contributed by atoms with Crippen LogP contribution in [0.15, 0.2) is 40.9 Å². The molecule has 2 heterocycles. The Bertz CT molecular complexity index is 1130. The number of nitrogens with one attached hydrogen (secondary N) is 2. The lowest BCUT2D eigenvalue weighted by Crippen LogP contribution is -2.62. The topological polar surface area (TPSA) is 103 Å². The molecule has 1 fully saturated rings. The van der Waals surface area contributed by atoms with Gasteiger partial charge in [0.15, 0.2) is 0 Å². The van der Waals surface area contributed by atoms with Gasteiger partial charge in [0.25, 0.3) is 11.6 Å². The van der Waals surface area contributed by atoms with Gasteiger partial charge in [-0.3, -0.25) is 4.79 Å². The summed E-state index contributed by atoms with van der Waals surface area (Å²) in [6.07, 6.45) is 3.17. The summed E-state index contributed by atoms with van der Waals surface area (Å²) < 4.78 is 11.4. The Morgan fingerprint density at radius 2 is 2.06 bits per heavy atom. The molecule has 4 rings (SSSR count). The van der Waals surface area contributed by atoms with Crippen LogP contribution in [0.5, 0.6) is 11.5 Å². The summed E-state index contributed by atoms with van der Waals surface area (Å²) in [5.74, 6) is 0.768. The molecule has 3 amide bonds. The number of carbonyl (C=O) groups is 2. The summed E-state index contributed by atoms with van der Waals surface area (Å²) in [4.78, 5) is 30.4. The van der Waals surface area contributed by atoms with E-state index < -0.39 is 17.7 Å². The number of urea groups is 1. The largest absolute Gasteiger partial charge is 0.497 e. The Hall–Kier alpha value is -2.82. The van der Waals surface area contributed by atoms with E-state index in [2.05, 4.69) is 38.4 Å². The normalized spacial score (nSPS) is 22.0. The lowest BCUT2D eigenvalue weighted by molar-refractivity contribution is -0.140. The van der Waals surface area contributed by atoms with Crippen molar-refractivity contribution < 1.29 is 24.2 Å². The fourth-order valence-corrected chi connectivity index (χ4v) is 5.31. The minimum Gasteiger partial charge on any atom is -0.497 e. The molecule has 2 aliphatic rings. The fraction of sp³-hybridized carbons (Fsp3) is 0.462. The van der Waals surface area contributed by atoms with E-state index in [-0.39, 0.29) is 17.0 Å². The molecular weight excluding hydrogens is 528 g/mol. The van der Waals surface area contributed by atoms with Crippen molar-refractivity contribution in [2.24, 2.45) is 5.92 Å². The number of rotatable bonds is 8. The van der Waals surface area contributed by atoms with Gasteiger partial charge >= 0.3 is 6.03 Å². The number of aliphatic hydroxyl groups is 1. The van der Waals surface area contributed by atoms with Gasteiger partial charge in [-0.15, -0.1) is 0 Å². The summed E-state index contributed by atoms with van der Waals surface area (Å²) >= 11 is 3.42. The van der Waals surface area contributed by atoms with Crippen molar-refractivity contribution in [1.82, 2.24) is 10.2 Å². The van der Waals surface area contributed by atoms with Gasteiger partial charge < -0.3 is 30.1 Å². The predicted octanol–water partition coefficient (Wildman–Crippen LogP) is 3.90. The molecule has 3 N–H and O–H groups in total. The lowest BCUT2D eigenvalue weighted by atomic mass is 9.94. The van der Waals surface area contributed by atoms with Gasteiger partial charge in [0.1, 0.15) is 11.5 Å². The minimum absolute atomic E-state index is 0.223. The van der Waals surface area contributed by atoms with Crippen LogP contribution in [-0.2, 0) is 10.5 Å². The molecule has 0 spiro atoms. The van der Waals surface area contributed by atoms with E-state index in [1.54, 1.807) is 36.4 Å². The third kappa shape index (κ3) is 5.16. The molecule has 10 heteroatoms. The van der Waals surface area contributed by atoms with Crippen molar-refractivity contribution in [2.75, 3.05) is 50.6 Å². The van der Waals surface area contributed by atoms with Crippen molar-refractivity contribution in [3.63, 3.8) is 0 Å². The van der Waals surface area contributed by atoms with Crippen LogP contribution < -0.4 is 25.0 Å². The quantitative estimate of drug-likeness (QED) is 0.423.